The SMILES string of the molecule is CC1(CO)Oc2ccc([N+](=O)[O-])cc2C(N(C#N)C(N)=Nc2ccc(Cl)cc2)C1O. The van der Waals surface area contributed by atoms with Gasteiger partial charge in [-0.25, -0.2) is 9.89 Å². The van der Waals surface area contributed by atoms with Gasteiger partial charge in [-0.05, 0) is 37.3 Å². The highest BCUT2D eigenvalue weighted by Gasteiger charge is 2.49. The van der Waals surface area contributed by atoms with E-state index in [1.54, 1.807) is 24.3 Å². The minimum Gasteiger partial charge on any atom is -0.482 e. The quantitative estimate of drug-likeness (QED) is 0.166. The number of nitro benzene ring substituents is 1. The summed E-state index contributed by atoms with van der Waals surface area (Å²) in [7, 11) is 0. The van der Waals surface area contributed by atoms with Gasteiger partial charge in [-0.1, -0.05) is 11.6 Å². The summed E-state index contributed by atoms with van der Waals surface area (Å²) in [6, 6.07) is 8.94. The lowest BCUT2D eigenvalue weighted by atomic mass is 9.85. The number of hydrogen-bond donors (Lipinski definition) is 3. The van der Waals surface area contributed by atoms with Crippen molar-refractivity contribution in [2.75, 3.05) is 6.61 Å². The van der Waals surface area contributed by atoms with Crippen LogP contribution >= 0.6 is 11.6 Å². The topological polar surface area (TPSA) is 158 Å². The molecule has 1 heterocycles. The Bertz CT molecular complexity index is 1040. The minimum absolute atomic E-state index is 0.165. The molecule has 4 N–H and O–H groups in total. The second-order valence-corrected chi connectivity index (χ2v) is 7.29. The number of halogens is 1. The van der Waals surface area contributed by atoms with Crippen LogP contribution in [0.25, 0.3) is 0 Å². The van der Waals surface area contributed by atoms with Crippen molar-refractivity contribution in [1.29, 1.82) is 5.26 Å². The molecular weight excluding hydrogens is 414 g/mol. The molecule has 2 aromatic rings. The van der Waals surface area contributed by atoms with Crippen molar-refractivity contribution < 1.29 is 19.9 Å². The summed E-state index contributed by atoms with van der Waals surface area (Å²) < 4.78 is 5.70. The van der Waals surface area contributed by atoms with Gasteiger partial charge in [0.05, 0.1) is 17.2 Å². The number of aliphatic hydroxyl groups is 2. The lowest BCUT2D eigenvalue weighted by Gasteiger charge is -2.44. The lowest BCUT2D eigenvalue weighted by molar-refractivity contribution is -0.385. The maximum atomic E-state index is 11.2. The molecular formula is C19H18ClN5O5. The number of aliphatic imine (C=N–C) groups is 1. The standard InChI is InChI=1S/C19H18ClN5O5/c1-19(9-26)17(27)16(14-8-13(25(28)29)6-7-15(14)30-19)24(10-21)18(22)23-12-4-2-11(20)3-5-12/h2-8,16-17,26-27H,9H2,1H3,(H2,22,23). The molecule has 0 bridgehead atoms. The van der Waals surface area contributed by atoms with Crippen LogP contribution in [-0.4, -0.2) is 44.3 Å². The van der Waals surface area contributed by atoms with Crippen molar-refractivity contribution in [3.05, 3.63) is 63.2 Å². The Hall–Kier alpha value is -3.39. The molecule has 11 heteroatoms. The van der Waals surface area contributed by atoms with Gasteiger partial charge >= 0.3 is 0 Å². The maximum Gasteiger partial charge on any atom is 0.270 e. The third-order valence-corrected chi connectivity index (χ3v) is 5.06. The number of fused-ring (bicyclic) bond motifs is 1. The van der Waals surface area contributed by atoms with Crippen LogP contribution in [0.4, 0.5) is 11.4 Å². The Labute approximate surface area is 176 Å². The Balaban J connectivity index is 2.12. The van der Waals surface area contributed by atoms with Gasteiger partial charge in [-0.15, -0.1) is 0 Å². The van der Waals surface area contributed by atoms with Gasteiger partial charge in [0.25, 0.3) is 5.69 Å². The molecule has 3 unspecified atom stereocenters. The molecule has 10 nitrogen and oxygen atoms in total. The number of nitrogens with two attached hydrogens (primary N) is 1. The van der Waals surface area contributed by atoms with Gasteiger partial charge in [-0.2, -0.15) is 5.26 Å². The van der Waals surface area contributed by atoms with Gasteiger partial charge in [0.15, 0.2) is 11.8 Å². The molecule has 3 rings (SSSR count). The van der Waals surface area contributed by atoms with E-state index in [9.17, 15) is 25.6 Å². The van der Waals surface area contributed by atoms with Gasteiger partial charge in [0, 0.05) is 22.7 Å². The maximum absolute atomic E-state index is 11.2. The van der Waals surface area contributed by atoms with Crippen molar-refractivity contribution in [3.63, 3.8) is 0 Å². The molecule has 0 saturated carbocycles. The zero-order valence-electron chi connectivity index (χ0n) is 15.8. The molecule has 2 aromatic carbocycles. The van der Waals surface area contributed by atoms with E-state index in [2.05, 4.69) is 4.99 Å². The first-order valence-corrected chi connectivity index (χ1v) is 9.13. The van der Waals surface area contributed by atoms with Gasteiger partial charge in [0.2, 0.25) is 5.96 Å². The molecule has 156 valence electrons. The fourth-order valence-corrected chi connectivity index (χ4v) is 3.28. The van der Waals surface area contributed by atoms with Crippen LogP contribution < -0.4 is 10.5 Å². The van der Waals surface area contributed by atoms with Crippen molar-refractivity contribution >= 4 is 28.9 Å². The highest BCUT2D eigenvalue weighted by Crippen LogP contribution is 2.44. The second-order valence-electron chi connectivity index (χ2n) is 6.86. The normalized spacial score (nSPS) is 23.1. The predicted octanol–water partition coefficient (Wildman–Crippen LogP) is 2.22. The molecule has 1 aliphatic heterocycles. The van der Waals surface area contributed by atoms with Gasteiger partial charge < -0.3 is 20.7 Å². The predicted molar refractivity (Wildman–Crippen MR) is 108 cm³/mol. The van der Waals surface area contributed by atoms with E-state index in [0.29, 0.717) is 10.7 Å². The number of aliphatic hydroxyl groups excluding tert-OH is 2. The van der Waals surface area contributed by atoms with Crippen molar-refractivity contribution in [1.82, 2.24) is 4.90 Å². The third-order valence-electron chi connectivity index (χ3n) is 4.81. The first kappa shape index (κ1) is 21.3. The van der Waals surface area contributed by atoms with E-state index >= 15 is 0 Å². The van der Waals surface area contributed by atoms with E-state index in [0.717, 1.165) is 4.90 Å². The van der Waals surface area contributed by atoms with E-state index in [1.807, 2.05) is 6.19 Å². The third kappa shape index (κ3) is 3.86. The number of guanidine groups is 1. The first-order valence-electron chi connectivity index (χ1n) is 8.75. The van der Waals surface area contributed by atoms with E-state index in [4.69, 9.17) is 22.1 Å². The second kappa shape index (κ2) is 8.16. The fourth-order valence-electron chi connectivity index (χ4n) is 3.15. The van der Waals surface area contributed by atoms with Crippen LogP contribution in [0.1, 0.15) is 18.5 Å². The van der Waals surface area contributed by atoms with Crippen molar-refractivity contribution in [2.24, 2.45) is 10.7 Å². The summed E-state index contributed by atoms with van der Waals surface area (Å²) >= 11 is 5.85. The molecule has 0 radical (unpaired) electrons. The van der Waals surface area contributed by atoms with Gasteiger partial charge in [-0.3, -0.25) is 10.1 Å². The number of rotatable bonds is 4. The van der Waals surface area contributed by atoms with Crippen molar-refractivity contribution in [3.8, 4) is 11.9 Å². The molecule has 0 aliphatic carbocycles. The zero-order valence-corrected chi connectivity index (χ0v) is 16.5. The fraction of sp³-hybridized carbons (Fsp3) is 0.263. The molecule has 0 spiro atoms. The van der Waals surface area contributed by atoms with E-state index in [-0.39, 0.29) is 23.0 Å². The Morgan fingerprint density at radius 2 is 2.10 bits per heavy atom. The number of nitrogens with zero attached hydrogens (tertiary/aromatic N) is 4. The Morgan fingerprint density at radius 1 is 1.43 bits per heavy atom. The summed E-state index contributed by atoms with van der Waals surface area (Å²) in [6.45, 7) is 0.881. The Morgan fingerprint density at radius 3 is 2.67 bits per heavy atom. The summed E-state index contributed by atoms with van der Waals surface area (Å²) in [4.78, 5) is 15.7. The van der Waals surface area contributed by atoms with Crippen LogP contribution in [0.5, 0.6) is 5.75 Å². The van der Waals surface area contributed by atoms with Crippen molar-refractivity contribution in [2.45, 2.75) is 24.7 Å². The summed E-state index contributed by atoms with van der Waals surface area (Å²) in [5.41, 5.74) is 4.88. The van der Waals surface area contributed by atoms with Gasteiger partial charge in [0.1, 0.15) is 17.9 Å². The van der Waals surface area contributed by atoms with Crippen LogP contribution in [0.15, 0.2) is 47.5 Å². The first-order chi connectivity index (χ1) is 14.2. The molecule has 30 heavy (non-hydrogen) atoms. The summed E-state index contributed by atoms with van der Waals surface area (Å²) in [6.07, 6.45) is 0.407. The average Bonchev–Trinajstić information content (AvgIpc) is 2.72. The number of nitriles is 1. The number of nitro groups is 1. The highest BCUT2D eigenvalue weighted by atomic mass is 35.5. The number of hydrogen-bond acceptors (Lipinski definition) is 7. The van der Waals surface area contributed by atoms with Crippen LogP contribution in [0, 0.1) is 21.6 Å². The number of ether oxygens (including phenoxy) is 1. The number of non-ortho nitro benzene ring substituents is 1. The molecule has 1 aliphatic rings. The zero-order chi connectivity index (χ0) is 22.1. The van der Waals surface area contributed by atoms with Crippen LogP contribution in [-0.2, 0) is 0 Å². The summed E-state index contributed by atoms with van der Waals surface area (Å²) in [5, 5.41) is 42.2. The molecule has 0 aromatic heterocycles. The van der Waals surface area contributed by atoms with Crippen LogP contribution in [0.3, 0.4) is 0 Å². The summed E-state index contributed by atoms with van der Waals surface area (Å²) in [5.74, 6) is -0.0875. The monoisotopic (exact) mass is 431 g/mol. The smallest absolute Gasteiger partial charge is 0.270 e. The van der Waals surface area contributed by atoms with Crippen LogP contribution in [0.2, 0.25) is 5.02 Å². The largest absolute Gasteiger partial charge is 0.482 e. The molecule has 0 amide bonds. The minimum atomic E-state index is -1.48. The number of benzene rings is 2. The molecule has 0 fully saturated rings. The van der Waals surface area contributed by atoms with E-state index < -0.39 is 29.3 Å². The highest BCUT2D eigenvalue weighted by molar-refractivity contribution is 6.30. The Kier molecular flexibility index (Phi) is 5.80. The van der Waals surface area contributed by atoms with E-state index in [1.165, 1.54) is 25.1 Å². The molecule has 0 saturated heterocycles. The lowest BCUT2D eigenvalue weighted by Crippen LogP contribution is -2.58. The molecule has 3 atom stereocenters. The average molecular weight is 432 g/mol.